The highest BCUT2D eigenvalue weighted by Gasteiger charge is 2.47. The van der Waals surface area contributed by atoms with Crippen LogP contribution < -0.4 is 15.0 Å². The molecule has 0 amide bonds. The number of likely N-dealkylation sites (tertiary alicyclic amines) is 1. The fourth-order valence-corrected chi connectivity index (χ4v) is 7.30. The average molecular weight is 598 g/mol. The fraction of sp³-hybridized carbons (Fsp3) is 0.412. The van der Waals surface area contributed by atoms with Crippen LogP contribution in [0.3, 0.4) is 0 Å². The van der Waals surface area contributed by atoms with Crippen molar-refractivity contribution >= 4 is 27.5 Å². The van der Waals surface area contributed by atoms with Gasteiger partial charge in [0.15, 0.2) is 5.82 Å². The number of phenols is 1. The summed E-state index contributed by atoms with van der Waals surface area (Å²) >= 11 is 0. The molecule has 3 aliphatic heterocycles. The van der Waals surface area contributed by atoms with Crippen molar-refractivity contribution < 1.29 is 23.7 Å². The maximum absolute atomic E-state index is 16.8. The Morgan fingerprint density at radius 1 is 1.07 bits per heavy atom. The van der Waals surface area contributed by atoms with Crippen LogP contribution >= 0.6 is 0 Å². The molecular formula is C34H33F2N5O3. The van der Waals surface area contributed by atoms with E-state index >= 15 is 8.78 Å². The molecule has 2 unspecified atom stereocenters. The predicted octanol–water partition coefficient (Wildman–Crippen LogP) is 4.19. The molecule has 2 atom stereocenters. The minimum absolute atomic E-state index is 0.0438. The summed E-state index contributed by atoms with van der Waals surface area (Å²) < 4.78 is 39.1. The molecule has 4 heterocycles. The Bertz CT molecular complexity index is 1840. The summed E-state index contributed by atoms with van der Waals surface area (Å²) in [4.78, 5) is 13.6. The molecule has 0 spiro atoms. The van der Waals surface area contributed by atoms with Crippen LogP contribution in [0.2, 0.25) is 0 Å². The van der Waals surface area contributed by atoms with Gasteiger partial charge < -0.3 is 25.2 Å². The first-order valence-corrected chi connectivity index (χ1v) is 15.3. The van der Waals surface area contributed by atoms with Crippen LogP contribution in [0, 0.1) is 29.4 Å². The van der Waals surface area contributed by atoms with Gasteiger partial charge >= 0.3 is 6.01 Å². The maximum Gasteiger partial charge on any atom is 0.319 e. The number of aromatic hydroxyl groups is 1. The third-order valence-corrected chi connectivity index (χ3v) is 9.71. The maximum atomic E-state index is 16.8. The Hall–Kier alpha value is -4.04. The van der Waals surface area contributed by atoms with Crippen LogP contribution in [-0.2, 0) is 0 Å². The number of terminal acetylenes is 1. The van der Waals surface area contributed by atoms with Gasteiger partial charge in [-0.15, -0.1) is 6.42 Å². The third-order valence-electron chi connectivity index (χ3n) is 9.71. The number of phenolic OH excluding ortho intramolecular Hbond substituents is 1. The van der Waals surface area contributed by atoms with Gasteiger partial charge in [0.2, 0.25) is 0 Å². The molecule has 0 radical (unpaired) electrons. The largest absolute Gasteiger partial charge is 0.508 e. The van der Waals surface area contributed by atoms with Crippen LogP contribution in [0.1, 0.15) is 31.2 Å². The molecule has 3 aromatic carbocycles. The van der Waals surface area contributed by atoms with Gasteiger partial charge in [0, 0.05) is 72.1 Å². The Kier molecular flexibility index (Phi) is 6.42. The number of aliphatic hydroxyl groups excluding tert-OH is 1. The SMILES string of the molecule is C#Cc1cccc2cc(O)cc(-c3c(F)cc4c(N5CC6CCC(C5)N6)nc(OCC5(CN6CC(O)C6)CC5)nc4c3F)c12. The van der Waals surface area contributed by atoms with E-state index in [0.29, 0.717) is 54.9 Å². The second-order valence-corrected chi connectivity index (χ2v) is 13.0. The Morgan fingerprint density at radius 2 is 1.84 bits per heavy atom. The lowest BCUT2D eigenvalue weighted by atomic mass is 9.93. The monoisotopic (exact) mass is 597 g/mol. The number of piperazine rings is 1. The number of anilines is 1. The molecular weight excluding hydrogens is 564 g/mol. The number of halogens is 2. The van der Waals surface area contributed by atoms with E-state index in [-0.39, 0.29) is 57.4 Å². The number of aromatic nitrogens is 2. The van der Waals surface area contributed by atoms with E-state index in [1.807, 2.05) is 0 Å². The first-order valence-electron chi connectivity index (χ1n) is 15.3. The van der Waals surface area contributed by atoms with Crippen LogP contribution in [0.4, 0.5) is 14.6 Å². The number of fused-ring (bicyclic) bond motifs is 4. The van der Waals surface area contributed by atoms with Crippen molar-refractivity contribution in [3.05, 3.63) is 53.6 Å². The second kappa shape index (κ2) is 10.3. The van der Waals surface area contributed by atoms with Crippen molar-refractivity contribution in [2.75, 3.05) is 44.2 Å². The molecule has 1 aliphatic carbocycles. The van der Waals surface area contributed by atoms with Crippen molar-refractivity contribution in [3.8, 4) is 35.2 Å². The van der Waals surface area contributed by atoms with Gasteiger partial charge in [-0.25, -0.2) is 8.78 Å². The standard InChI is InChI=1S/C34H33F2N5O3/c1-2-19-4-3-5-20-10-23(42)11-25(28(19)20)29-27(35)12-26-31(30(29)36)38-33(39-32(26)41-13-21-6-7-22(14-41)37-21)44-18-34(8-9-34)17-40-15-24(43)16-40/h1,3-5,10-12,21-22,24,37,42-43H,6-9,13-18H2. The molecule has 2 bridgehead atoms. The zero-order valence-corrected chi connectivity index (χ0v) is 24.2. The van der Waals surface area contributed by atoms with Crippen LogP contribution in [-0.4, -0.2) is 82.6 Å². The van der Waals surface area contributed by atoms with E-state index in [4.69, 9.17) is 16.1 Å². The second-order valence-electron chi connectivity index (χ2n) is 13.0. The van der Waals surface area contributed by atoms with E-state index in [0.717, 1.165) is 32.2 Å². The van der Waals surface area contributed by atoms with Crippen molar-refractivity contribution in [2.45, 2.75) is 43.9 Å². The molecule has 4 aromatic rings. The van der Waals surface area contributed by atoms with Gasteiger partial charge in [-0.2, -0.15) is 9.97 Å². The lowest BCUT2D eigenvalue weighted by molar-refractivity contribution is -0.0142. The van der Waals surface area contributed by atoms with Gasteiger partial charge in [0.05, 0.1) is 18.3 Å². The minimum atomic E-state index is -0.860. The van der Waals surface area contributed by atoms with E-state index < -0.39 is 11.6 Å². The quantitative estimate of drug-likeness (QED) is 0.273. The summed E-state index contributed by atoms with van der Waals surface area (Å²) in [5, 5.41) is 25.1. The van der Waals surface area contributed by atoms with E-state index in [1.165, 1.54) is 18.2 Å². The van der Waals surface area contributed by atoms with Crippen LogP contribution in [0.5, 0.6) is 11.8 Å². The van der Waals surface area contributed by atoms with Crippen LogP contribution in [0.25, 0.3) is 32.8 Å². The number of ether oxygens (including phenoxy) is 1. The van der Waals surface area contributed by atoms with Crippen molar-refractivity contribution in [1.82, 2.24) is 20.2 Å². The van der Waals surface area contributed by atoms with Crippen molar-refractivity contribution in [1.29, 1.82) is 0 Å². The lowest BCUT2D eigenvalue weighted by Gasteiger charge is -2.38. The molecule has 3 N–H and O–H groups in total. The predicted molar refractivity (Wildman–Crippen MR) is 164 cm³/mol. The normalized spacial score (nSPS) is 22.7. The molecule has 4 aliphatic rings. The van der Waals surface area contributed by atoms with E-state index in [1.54, 1.807) is 18.2 Å². The summed E-state index contributed by atoms with van der Waals surface area (Å²) in [7, 11) is 0. The summed E-state index contributed by atoms with van der Waals surface area (Å²) in [5.41, 5.74) is 0.210. The number of hydrogen-bond donors (Lipinski definition) is 3. The number of hydrogen-bond acceptors (Lipinski definition) is 8. The number of β-amino-alcohol motifs (C(OH)–C–C–N with tert-alkyl or cyclic N) is 1. The van der Waals surface area contributed by atoms with Gasteiger partial charge in [-0.1, -0.05) is 18.1 Å². The van der Waals surface area contributed by atoms with Crippen molar-refractivity contribution in [3.63, 3.8) is 0 Å². The highest BCUT2D eigenvalue weighted by atomic mass is 19.1. The lowest BCUT2D eigenvalue weighted by Crippen LogP contribution is -2.53. The molecule has 1 saturated carbocycles. The van der Waals surface area contributed by atoms with E-state index in [2.05, 4.69) is 26.0 Å². The molecule has 10 heteroatoms. The molecule has 4 fully saturated rings. The molecule has 3 saturated heterocycles. The Balaban J connectivity index is 1.25. The first-order chi connectivity index (χ1) is 21.3. The average Bonchev–Trinajstić information content (AvgIpc) is 3.68. The number of nitrogens with zero attached hydrogens (tertiary/aromatic N) is 4. The number of nitrogens with one attached hydrogen (secondary N) is 1. The van der Waals surface area contributed by atoms with Crippen LogP contribution in [0.15, 0.2) is 36.4 Å². The summed E-state index contributed by atoms with van der Waals surface area (Å²) in [6.45, 7) is 3.84. The molecule has 8 rings (SSSR count). The smallest absolute Gasteiger partial charge is 0.319 e. The first kappa shape index (κ1) is 27.5. The zero-order valence-electron chi connectivity index (χ0n) is 24.2. The van der Waals surface area contributed by atoms with Gasteiger partial charge in [0.1, 0.15) is 22.9 Å². The Morgan fingerprint density at radius 3 is 2.55 bits per heavy atom. The molecule has 226 valence electrons. The number of rotatable bonds is 7. The highest BCUT2D eigenvalue weighted by Crippen LogP contribution is 2.47. The topological polar surface area (TPSA) is 94.0 Å². The molecule has 1 aromatic heterocycles. The van der Waals surface area contributed by atoms with Gasteiger partial charge in [-0.05, 0) is 55.3 Å². The zero-order chi connectivity index (χ0) is 30.2. The minimum Gasteiger partial charge on any atom is -0.508 e. The molecule has 8 nitrogen and oxygen atoms in total. The van der Waals surface area contributed by atoms with Gasteiger partial charge in [0.25, 0.3) is 0 Å². The van der Waals surface area contributed by atoms with Crippen molar-refractivity contribution in [2.24, 2.45) is 5.41 Å². The summed E-state index contributed by atoms with van der Waals surface area (Å²) in [6.07, 6.45) is 9.57. The van der Waals surface area contributed by atoms with Gasteiger partial charge in [-0.3, -0.25) is 4.90 Å². The highest BCUT2D eigenvalue weighted by molar-refractivity contribution is 6.04. The molecule has 44 heavy (non-hydrogen) atoms. The van der Waals surface area contributed by atoms with E-state index in [9.17, 15) is 10.2 Å². The fourth-order valence-electron chi connectivity index (χ4n) is 7.30. The number of aliphatic hydroxyl groups is 1. The Labute approximate surface area is 253 Å². The summed E-state index contributed by atoms with van der Waals surface area (Å²) in [6, 6.07) is 9.96. The third kappa shape index (κ3) is 4.71. The summed E-state index contributed by atoms with van der Waals surface area (Å²) in [5.74, 6) is 1.28. The number of benzene rings is 3.